The number of nitrogens with one attached hydrogen (secondary N) is 8. The minimum atomic E-state index is -1.27. The van der Waals surface area contributed by atoms with Crippen LogP contribution in [0.5, 0.6) is 0 Å². The maximum atomic E-state index is 12.6. The molecule has 16 heteroatoms. The van der Waals surface area contributed by atoms with Crippen molar-refractivity contribution in [3.63, 3.8) is 0 Å². The summed E-state index contributed by atoms with van der Waals surface area (Å²) in [6.07, 6.45) is -0.787. The maximum Gasteiger partial charge on any atom is 0.326 e. The summed E-state index contributed by atoms with van der Waals surface area (Å²) in [4.78, 5) is 59.2. The number of hydroxylamine groups is 1. The maximum absolute atomic E-state index is 12.6. The molecular formula is C23H35N9O7. The van der Waals surface area contributed by atoms with Crippen molar-refractivity contribution >= 4 is 35.3 Å². The molecule has 0 spiro atoms. The predicted molar refractivity (Wildman–Crippen MR) is 137 cm³/mol. The van der Waals surface area contributed by atoms with Crippen LogP contribution >= 0.6 is 0 Å². The highest BCUT2D eigenvalue weighted by molar-refractivity contribution is 5.97. The number of anilines is 1. The molecule has 2 aliphatic heterocycles. The minimum Gasteiger partial charge on any atom is -0.480 e. The van der Waals surface area contributed by atoms with Crippen LogP contribution in [-0.4, -0.2) is 90.1 Å². The van der Waals surface area contributed by atoms with Crippen molar-refractivity contribution in [2.45, 2.75) is 56.3 Å². The second-order valence-electron chi connectivity index (χ2n) is 9.23. The summed E-state index contributed by atoms with van der Waals surface area (Å²) in [5, 5.41) is 38.3. The minimum absolute atomic E-state index is 0.0283. The summed E-state index contributed by atoms with van der Waals surface area (Å²) in [6.45, 7) is 1.28. The van der Waals surface area contributed by atoms with Gasteiger partial charge in [0.25, 0.3) is 5.91 Å². The monoisotopic (exact) mass is 549 g/mol. The first-order chi connectivity index (χ1) is 18.7. The standard InChI is InChI=1S/C23H35N9O7/c24-23-30-19-18(21(36)31-23)28-14(11-27-19)10-26-13-5-3-12(4-6-13)20(35)29-15(22(37)38)7-8-16(33)25-9-1-2-17(34)32-39/h3-6,14-15,18-19,23,26-28,30,39H,1-2,7-11,24H2,(H,25,33)(H,29,35)(H,31,36)(H,32,34)(H,37,38)/t14?,15-,18?,19?,23?/m0/s1. The molecule has 39 heavy (non-hydrogen) atoms. The molecule has 1 aromatic carbocycles. The smallest absolute Gasteiger partial charge is 0.326 e. The molecule has 2 saturated heterocycles. The number of rotatable bonds is 13. The first-order valence-corrected chi connectivity index (χ1v) is 12.5. The first-order valence-electron chi connectivity index (χ1n) is 12.5. The van der Waals surface area contributed by atoms with Crippen LogP contribution in [0.1, 0.15) is 36.0 Å². The first kappa shape index (κ1) is 29.7. The van der Waals surface area contributed by atoms with Crippen molar-refractivity contribution in [2.75, 3.05) is 25.0 Å². The molecule has 2 fully saturated rings. The number of carboxylic acids is 1. The third kappa shape index (κ3) is 9.15. The van der Waals surface area contributed by atoms with E-state index in [-0.39, 0.29) is 49.5 Å². The summed E-state index contributed by atoms with van der Waals surface area (Å²) in [7, 11) is 0. The van der Waals surface area contributed by atoms with E-state index in [4.69, 9.17) is 10.9 Å². The molecule has 0 bridgehead atoms. The van der Waals surface area contributed by atoms with Crippen LogP contribution in [0.15, 0.2) is 24.3 Å². The zero-order chi connectivity index (χ0) is 28.4. The van der Waals surface area contributed by atoms with E-state index in [2.05, 4.69) is 37.2 Å². The molecule has 0 radical (unpaired) electrons. The van der Waals surface area contributed by atoms with Gasteiger partial charge in [0, 0.05) is 49.8 Å². The number of carboxylic acid groups (broad SMARTS) is 1. The van der Waals surface area contributed by atoms with E-state index in [9.17, 15) is 29.1 Å². The number of hydrogen-bond donors (Lipinski definition) is 11. The van der Waals surface area contributed by atoms with Crippen LogP contribution in [0.3, 0.4) is 0 Å². The average Bonchev–Trinajstić information content (AvgIpc) is 2.92. The Morgan fingerprint density at radius 1 is 1.08 bits per heavy atom. The van der Waals surface area contributed by atoms with E-state index in [1.54, 1.807) is 24.3 Å². The van der Waals surface area contributed by atoms with E-state index in [0.29, 0.717) is 19.5 Å². The van der Waals surface area contributed by atoms with Gasteiger partial charge in [0.2, 0.25) is 17.7 Å². The van der Waals surface area contributed by atoms with Gasteiger partial charge in [-0.15, -0.1) is 0 Å². The number of carbonyl (C=O) groups is 5. The molecule has 2 aliphatic rings. The van der Waals surface area contributed by atoms with Crippen molar-refractivity contribution < 1.29 is 34.3 Å². The van der Waals surface area contributed by atoms with Crippen LogP contribution in [-0.2, 0) is 19.2 Å². The van der Waals surface area contributed by atoms with Crippen molar-refractivity contribution in [3.8, 4) is 0 Å². The van der Waals surface area contributed by atoms with Crippen LogP contribution in [0.2, 0.25) is 0 Å². The fraction of sp³-hybridized carbons (Fsp3) is 0.522. The number of carbonyl (C=O) groups excluding carboxylic acids is 4. The highest BCUT2D eigenvalue weighted by Gasteiger charge is 2.39. The van der Waals surface area contributed by atoms with E-state index >= 15 is 0 Å². The van der Waals surface area contributed by atoms with Crippen LogP contribution < -0.4 is 48.4 Å². The van der Waals surface area contributed by atoms with Gasteiger partial charge < -0.3 is 26.4 Å². The molecule has 2 heterocycles. The van der Waals surface area contributed by atoms with Gasteiger partial charge >= 0.3 is 5.97 Å². The normalized spacial score (nSPS) is 23.0. The zero-order valence-electron chi connectivity index (χ0n) is 21.2. The second-order valence-corrected chi connectivity index (χ2v) is 9.23. The molecule has 12 N–H and O–H groups in total. The molecule has 0 saturated carbocycles. The number of fused-ring (bicyclic) bond motifs is 1. The molecule has 16 nitrogen and oxygen atoms in total. The quantitative estimate of drug-likeness (QED) is 0.0657. The lowest BCUT2D eigenvalue weighted by Gasteiger charge is -2.42. The molecule has 0 aromatic heterocycles. The summed E-state index contributed by atoms with van der Waals surface area (Å²) < 4.78 is 0. The second kappa shape index (κ2) is 14.4. The summed E-state index contributed by atoms with van der Waals surface area (Å²) >= 11 is 0. The lowest BCUT2D eigenvalue weighted by Crippen LogP contribution is -2.78. The fourth-order valence-electron chi connectivity index (χ4n) is 4.16. The number of hydrogen-bond acceptors (Lipinski definition) is 11. The SMILES string of the molecule is NC1NC(=O)C2NC(CNc3ccc(C(=O)N[C@@H](CCC(=O)NCCCC(=O)NO)C(=O)O)cc3)CNC2N1. The molecule has 3 rings (SSSR count). The topological polar surface area (TPSA) is 248 Å². The third-order valence-corrected chi connectivity index (χ3v) is 6.26. The van der Waals surface area contributed by atoms with E-state index in [0.717, 1.165) is 5.69 Å². The fourth-order valence-corrected chi connectivity index (χ4v) is 4.16. The van der Waals surface area contributed by atoms with Crippen LogP contribution in [0, 0.1) is 0 Å². The Morgan fingerprint density at radius 3 is 2.51 bits per heavy atom. The van der Waals surface area contributed by atoms with Gasteiger partial charge in [-0.05, 0) is 37.1 Å². The van der Waals surface area contributed by atoms with Crippen LogP contribution in [0.25, 0.3) is 0 Å². The molecular weight excluding hydrogens is 514 g/mol. The van der Waals surface area contributed by atoms with Crippen molar-refractivity contribution in [2.24, 2.45) is 5.73 Å². The van der Waals surface area contributed by atoms with E-state index in [1.165, 1.54) is 5.48 Å². The number of amides is 4. The van der Waals surface area contributed by atoms with E-state index < -0.39 is 42.1 Å². The lowest BCUT2D eigenvalue weighted by molar-refractivity contribution is -0.139. The molecule has 5 atom stereocenters. The number of nitrogens with two attached hydrogens (primary N) is 1. The van der Waals surface area contributed by atoms with Crippen LogP contribution in [0.4, 0.5) is 5.69 Å². The van der Waals surface area contributed by atoms with Gasteiger partial charge in [-0.2, -0.15) is 0 Å². The summed E-state index contributed by atoms with van der Waals surface area (Å²) in [5.74, 6) is -3.05. The Balaban J connectivity index is 1.41. The summed E-state index contributed by atoms with van der Waals surface area (Å²) in [5.41, 5.74) is 8.19. The Kier molecular flexibility index (Phi) is 10.9. The van der Waals surface area contributed by atoms with Gasteiger partial charge in [-0.1, -0.05) is 0 Å². The molecule has 1 aromatic rings. The Bertz CT molecular complexity index is 1040. The Morgan fingerprint density at radius 2 is 1.82 bits per heavy atom. The van der Waals surface area contributed by atoms with Crippen molar-refractivity contribution in [1.29, 1.82) is 0 Å². The van der Waals surface area contributed by atoms with Gasteiger partial charge in [-0.3, -0.25) is 46.1 Å². The van der Waals surface area contributed by atoms with Gasteiger partial charge in [0.05, 0.1) is 6.17 Å². The number of aliphatic carboxylic acids is 1. The van der Waals surface area contributed by atoms with Crippen molar-refractivity contribution in [1.82, 2.24) is 37.4 Å². The van der Waals surface area contributed by atoms with E-state index in [1.807, 2.05) is 0 Å². The Hall–Kier alpha value is -3.83. The summed E-state index contributed by atoms with van der Waals surface area (Å²) in [6, 6.07) is 4.68. The highest BCUT2D eigenvalue weighted by atomic mass is 16.5. The highest BCUT2D eigenvalue weighted by Crippen LogP contribution is 2.12. The number of piperazine rings is 1. The molecule has 0 aliphatic carbocycles. The lowest BCUT2D eigenvalue weighted by atomic mass is 10.1. The zero-order valence-corrected chi connectivity index (χ0v) is 21.2. The molecule has 214 valence electrons. The number of benzene rings is 1. The van der Waals surface area contributed by atoms with Gasteiger partial charge in [0.15, 0.2) is 0 Å². The van der Waals surface area contributed by atoms with Gasteiger partial charge in [-0.25, -0.2) is 10.3 Å². The predicted octanol–water partition coefficient (Wildman–Crippen LogP) is -3.32. The average molecular weight is 550 g/mol. The molecule has 4 amide bonds. The van der Waals surface area contributed by atoms with Gasteiger partial charge in [0.1, 0.15) is 18.4 Å². The largest absolute Gasteiger partial charge is 0.480 e. The Labute approximate surface area is 224 Å². The molecule has 4 unspecified atom stereocenters. The van der Waals surface area contributed by atoms with Crippen molar-refractivity contribution in [3.05, 3.63) is 29.8 Å². The third-order valence-electron chi connectivity index (χ3n) is 6.26.